The van der Waals surface area contributed by atoms with Gasteiger partial charge in [-0.1, -0.05) is 0 Å². The maximum atomic E-state index is 6.08. The van der Waals surface area contributed by atoms with Crippen molar-refractivity contribution in [2.45, 2.75) is 64.4 Å². The summed E-state index contributed by atoms with van der Waals surface area (Å²) in [6.45, 7) is 7.11. The molecule has 0 unspecified atom stereocenters. The molecule has 0 saturated carbocycles. The molecule has 0 amide bonds. The number of nitrogens with zero attached hydrogens (tertiary/aromatic N) is 2. The molecular formula is C14H23BN2O3. The van der Waals surface area contributed by atoms with Crippen LogP contribution in [-0.2, 0) is 14.0 Å². The molecule has 2 aliphatic heterocycles. The van der Waals surface area contributed by atoms with Crippen LogP contribution >= 0.6 is 0 Å². The third-order valence-corrected chi connectivity index (χ3v) is 3.93. The van der Waals surface area contributed by atoms with Gasteiger partial charge in [0.2, 0.25) is 0 Å². The van der Waals surface area contributed by atoms with Crippen molar-refractivity contribution in [3.05, 3.63) is 12.3 Å². The first-order chi connectivity index (χ1) is 9.55. The lowest BCUT2D eigenvalue weighted by Gasteiger charge is -2.38. The number of rotatable bonds is 2. The van der Waals surface area contributed by atoms with Gasteiger partial charge in [-0.3, -0.25) is 0 Å². The Balaban J connectivity index is 1.81. The normalized spacial score (nSPS) is 30.4. The first-order valence-electron chi connectivity index (χ1n) is 7.53. The zero-order chi connectivity index (χ0) is 14.2. The van der Waals surface area contributed by atoms with Crippen molar-refractivity contribution >= 4 is 12.7 Å². The largest absolute Gasteiger partial charge is 0.513 e. The Labute approximate surface area is 120 Å². The summed E-state index contributed by atoms with van der Waals surface area (Å²) in [6, 6.07) is 1.97. The van der Waals surface area contributed by atoms with E-state index in [-0.39, 0.29) is 25.1 Å². The van der Waals surface area contributed by atoms with Crippen LogP contribution in [0.5, 0.6) is 0 Å². The molecule has 3 rings (SSSR count). The summed E-state index contributed by atoms with van der Waals surface area (Å²) in [4.78, 5) is 0. The average molecular weight is 278 g/mol. The van der Waals surface area contributed by atoms with Gasteiger partial charge < -0.3 is 14.0 Å². The molecular weight excluding hydrogens is 255 g/mol. The van der Waals surface area contributed by atoms with Gasteiger partial charge in [-0.25, -0.2) is 4.68 Å². The van der Waals surface area contributed by atoms with Crippen molar-refractivity contribution in [2.75, 3.05) is 6.61 Å². The molecule has 6 heteroatoms. The van der Waals surface area contributed by atoms with Crippen LogP contribution < -0.4 is 5.59 Å². The van der Waals surface area contributed by atoms with Crippen LogP contribution in [0.3, 0.4) is 0 Å². The monoisotopic (exact) mass is 278 g/mol. The van der Waals surface area contributed by atoms with Crippen LogP contribution in [-0.4, -0.2) is 35.2 Å². The van der Waals surface area contributed by atoms with E-state index in [4.69, 9.17) is 14.0 Å². The van der Waals surface area contributed by atoms with E-state index in [1.54, 1.807) is 6.20 Å². The van der Waals surface area contributed by atoms with Crippen molar-refractivity contribution in [2.24, 2.45) is 0 Å². The summed E-state index contributed by atoms with van der Waals surface area (Å²) in [7, 11) is -0.359. The molecule has 5 nitrogen and oxygen atoms in total. The number of ether oxygens (including phenoxy) is 1. The fraction of sp³-hybridized carbons (Fsp3) is 0.786. The van der Waals surface area contributed by atoms with Gasteiger partial charge in [-0.15, -0.1) is 0 Å². The van der Waals surface area contributed by atoms with Gasteiger partial charge in [0.05, 0.1) is 11.2 Å². The molecule has 2 saturated heterocycles. The molecule has 0 aliphatic carbocycles. The van der Waals surface area contributed by atoms with Gasteiger partial charge in [0, 0.05) is 18.9 Å². The van der Waals surface area contributed by atoms with Crippen molar-refractivity contribution in [3.63, 3.8) is 0 Å². The topological polar surface area (TPSA) is 45.5 Å². The van der Waals surface area contributed by atoms with E-state index in [0.29, 0.717) is 0 Å². The van der Waals surface area contributed by atoms with E-state index >= 15 is 0 Å². The predicted octanol–water partition coefficient (Wildman–Crippen LogP) is 1.88. The number of aromatic nitrogens is 2. The summed E-state index contributed by atoms with van der Waals surface area (Å²) in [5.41, 5.74) is 0.779. The first-order valence-corrected chi connectivity index (χ1v) is 7.53. The van der Waals surface area contributed by atoms with Gasteiger partial charge in [-0.2, -0.15) is 5.10 Å². The second-order valence-electron chi connectivity index (χ2n) is 6.38. The summed E-state index contributed by atoms with van der Waals surface area (Å²) < 4.78 is 19.8. The molecule has 0 radical (unpaired) electrons. The van der Waals surface area contributed by atoms with Crippen LogP contribution in [0, 0.1) is 0 Å². The molecule has 1 aromatic rings. The maximum absolute atomic E-state index is 6.08. The van der Waals surface area contributed by atoms with Crippen molar-refractivity contribution in [1.82, 2.24) is 9.78 Å². The van der Waals surface area contributed by atoms with Crippen LogP contribution in [0.4, 0.5) is 0 Å². The molecule has 3 heterocycles. The lowest BCUT2D eigenvalue weighted by molar-refractivity contribution is -0.0427. The van der Waals surface area contributed by atoms with Crippen molar-refractivity contribution < 1.29 is 14.0 Å². The van der Waals surface area contributed by atoms with Crippen LogP contribution in [0.25, 0.3) is 0 Å². The highest BCUT2D eigenvalue weighted by Gasteiger charge is 2.40. The van der Waals surface area contributed by atoms with Gasteiger partial charge in [0.1, 0.15) is 6.23 Å². The zero-order valence-electron chi connectivity index (χ0n) is 12.5. The number of hydrogen-bond acceptors (Lipinski definition) is 4. The lowest BCUT2D eigenvalue weighted by atomic mass is 9.79. The molecule has 2 fully saturated rings. The molecule has 0 N–H and O–H groups in total. The highest BCUT2D eigenvalue weighted by Crippen LogP contribution is 2.27. The Kier molecular flexibility index (Phi) is 3.88. The van der Waals surface area contributed by atoms with Gasteiger partial charge >= 0.3 is 7.12 Å². The molecule has 2 aliphatic rings. The Hall–Kier alpha value is -0.845. The second kappa shape index (κ2) is 5.50. The molecule has 0 spiro atoms. The quantitative estimate of drug-likeness (QED) is 0.775. The highest BCUT2D eigenvalue weighted by atomic mass is 16.6. The lowest BCUT2D eigenvalue weighted by Crippen LogP contribution is -2.54. The minimum atomic E-state index is -0.359. The fourth-order valence-corrected chi connectivity index (χ4v) is 3.12. The highest BCUT2D eigenvalue weighted by molar-refractivity contribution is 6.60. The van der Waals surface area contributed by atoms with Crippen LogP contribution in [0.2, 0.25) is 0 Å². The smallest absolute Gasteiger partial charge is 0.404 e. The second-order valence-corrected chi connectivity index (χ2v) is 6.38. The van der Waals surface area contributed by atoms with Crippen LogP contribution in [0.1, 0.15) is 52.7 Å². The van der Waals surface area contributed by atoms with E-state index in [0.717, 1.165) is 31.5 Å². The summed E-state index contributed by atoms with van der Waals surface area (Å²) in [6.07, 6.45) is 6.21. The third-order valence-electron chi connectivity index (χ3n) is 3.93. The van der Waals surface area contributed by atoms with Crippen LogP contribution in [0.15, 0.2) is 12.3 Å². The standard InChI is InChI=1S/C14H23BN2O3/c1-11-10-14(2,3)20-15(19-11)12-7-8-16-17(12)13-6-4-5-9-18-13/h7-8,11,13H,4-6,9-10H2,1-3H3/t11-,13-/m1/s1. The van der Waals surface area contributed by atoms with Gasteiger partial charge in [-0.05, 0) is 52.5 Å². The summed E-state index contributed by atoms with van der Waals surface area (Å²) in [5, 5.41) is 4.42. The molecule has 0 aromatic carbocycles. The molecule has 0 bridgehead atoms. The maximum Gasteiger partial charge on any atom is 0.513 e. The van der Waals surface area contributed by atoms with E-state index in [2.05, 4.69) is 25.9 Å². The van der Waals surface area contributed by atoms with E-state index in [9.17, 15) is 0 Å². The fourth-order valence-electron chi connectivity index (χ4n) is 3.12. The minimum Gasteiger partial charge on any atom is -0.404 e. The zero-order valence-corrected chi connectivity index (χ0v) is 12.5. The van der Waals surface area contributed by atoms with E-state index < -0.39 is 0 Å². The molecule has 20 heavy (non-hydrogen) atoms. The average Bonchev–Trinajstić information content (AvgIpc) is 2.86. The third kappa shape index (κ3) is 2.92. The predicted molar refractivity (Wildman–Crippen MR) is 76.8 cm³/mol. The SMILES string of the molecule is C[C@@H]1CC(C)(C)OB(c2ccnn2[C@H]2CCCCO2)O1. The van der Waals surface area contributed by atoms with Gasteiger partial charge in [0.25, 0.3) is 0 Å². The Morgan fingerprint density at radius 2 is 2.25 bits per heavy atom. The molecule has 110 valence electrons. The molecule has 2 atom stereocenters. The Morgan fingerprint density at radius 3 is 2.95 bits per heavy atom. The Bertz CT molecular complexity index is 457. The Morgan fingerprint density at radius 1 is 1.40 bits per heavy atom. The summed E-state index contributed by atoms with van der Waals surface area (Å²) >= 11 is 0. The van der Waals surface area contributed by atoms with Gasteiger partial charge in [0.15, 0.2) is 0 Å². The van der Waals surface area contributed by atoms with E-state index in [1.165, 1.54) is 6.42 Å². The van der Waals surface area contributed by atoms with Crippen molar-refractivity contribution in [1.29, 1.82) is 0 Å². The molecule has 1 aromatic heterocycles. The van der Waals surface area contributed by atoms with E-state index in [1.807, 2.05) is 10.7 Å². The summed E-state index contributed by atoms with van der Waals surface area (Å²) in [5.74, 6) is 0. The van der Waals surface area contributed by atoms with Crippen molar-refractivity contribution in [3.8, 4) is 0 Å². The minimum absolute atomic E-state index is 0.0151. The first kappa shape index (κ1) is 14.1. The number of hydrogen-bond donors (Lipinski definition) is 0.